The number of amides is 2. The predicted octanol–water partition coefficient (Wildman–Crippen LogP) is 1.50. The number of aliphatic hydroxyl groups excluding tert-OH is 3. The van der Waals surface area contributed by atoms with Crippen LogP contribution in [0.5, 0.6) is 11.5 Å². The summed E-state index contributed by atoms with van der Waals surface area (Å²) >= 11 is 0. The van der Waals surface area contributed by atoms with Gasteiger partial charge in [-0.25, -0.2) is 0 Å². The third-order valence-electron chi connectivity index (χ3n) is 6.75. The fourth-order valence-corrected chi connectivity index (χ4v) is 5.08. The number of nitrogens with one attached hydrogen (secondary N) is 1. The van der Waals surface area contributed by atoms with E-state index in [-0.39, 0.29) is 44.1 Å². The maximum atomic E-state index is 13.4. The van der Waals surface area contributed by atoms with Crippen molar-refractivity contribution in [3.8, 4) is 11.5 Å². The maximum Gasteiger partial charge on any atom is 0.247 e. The highest BCUT2D eigenvalue weighted by atomic mass is 16.5. The number of hydrogen-bond donors (Lipinski definition) is 4. The van der Waals surface area contributed by atoms with Crippen LogP contribution in [-0.4, -0.2) is 89.8 Å². The summed E-state index contributed by atoms with van der Waals surface area (Å²) in [4.78, 5) is 28.4. The van der Waals surface area contributed by atoms with Crippen LogP contribution in [0, 0.1) is 5.92 Å². The molecular weight excluding hydrogens is 492 g/mol. The summed E-state index contributed by atoms with van der Waals surface area (Å²) in [5.74, 6) is -0.315. The zero-order chi connectivity index (χ0) is 28.0. The van der Waals surface area contributed by atoms with Gasteiger partial charge in [0.15, 0.2) is 11.5 Å². The van der Waals surface area contributed by atoms with E-state index < -0.39 is 30.1 Å². The first kappa shape index (κ1) is 29.9. The van der Waals surface area contributed by atoms with Gasteiger partial charge in [-0.1, -0.05) is 13.8 Å². The Morgan fingerprint density at radius 3 is 2.53 bits per heavy atom. The van der Waals surface area contributed by atoms with E-state index in [1.165, 1.54) is 7.11 Å². The van der Waals surface area contributed by atoms with Crippen LogP contribution in [0.15, 0.2) is 23.8 Å². The lowest BCUT2D eigenvalue weighted by molar-refractivity contribution is -0.138. The van der Waals surface area contributed by atoms with E-state index in [1.54, 1.807) is 23.1 Å². The van der Waals surface area contributed by atoms with Gasteiger partial charge in [0.2, 0.25) is 11.8 Å². The Hall–Kier alpha value is -2.66. The number of benzene rings is 1. The highest BCUT2D eigenvalue weighted by molar-refractivity contribution is 5.96. The normalized spacial score (nSPS) is 22.0. The van der Waals surface area contributed by atoms with Crippen molar-refractivity contribution < 1.29 is 39.1 Å². The molecule has 0 spiro atoms. The molecule has 1 aromatic rings. The smallest absolute Gasteiger partial charge is 0.247 e. The fraction of sp³-hybridized carbons (Fsp3) is 0.643. The van der Waals surface area contributed by atoms with Crippen molar-refractivity contribution in [3.05, 3.63) is 34.9 Å². The molecule has 212 valence electrons. The van der Waals surface area contributed by atoms with Gasteiger partial charge >= 0.3 is 0 Å². The number of carbonyl (C=O) groups excluding carboxylic acids is 2. The summed E-state index contributed by atoms with van der Waals surface area (Å²) in [6.07, 6.45) is 0.564. The van der Waals surface area contributed by atoms with E-state index in [9.17, 15) is 24.9 Å². The number of methoxy groups -OCH3 is 1. The van der Waals surface area contributed by atoms with Crippen LogP contribution in [0.1, 0.15) is 57.6 Å². The second-order valence-corrected chi connectivity index (χ2v) is 10.5. The number of ether oxygens (including phenoxy) is 3. The Bertz CT molecular complexity index is 1010. The van der Waals surface area contributed by atoms with Crippen LogP contribution in [0.4, 0.5) is 0 Å². The van der Waals surface area contributed by atoms with Gasteiger partial charge in [0.1, 0.15) is 12.2 Å². The summed E-state index contributed by atoms with van der Waals surface area (Å²) in [6, 6.07) is 2.59. The van der Waals surface area contributed by atoms with Gasteiger partial charge in [-0.3, -0.25) is 9.59 Å². The maximum absolute atomic E-state index is 13.4. The van der Waals surface area contributed by atoms with E-state index in [2.05, 4.69) is 5.32 Å². The molecule has 1 heterocycles. The molecular formula is C28H42N2O8. The van der Waals surface area contributed by atoms with Crippen molar-refractivity contribution in [1.29, 1.82) is 0 Å². The third kappa shape index (κ3) is 6.66. The molecule has 3 rings (SSSR count). The SMILES string of the molecule is COc1cc(CO)cc2c1OC1C2C(C(=O)NCCO)=CC(N(CCCOC(C)C)C(=O)CC(C)C)C1O. The molecule has 1 aliphatic heterocycles. The van der Waals surface area contributed by atoms with Crippen molar-refractivity contribution >= 4 is 11.8 Å². The standard InChI is InChI=1S/C28H42N2O8/c1-16(2)11-23(33)30(8-6-10-37-17(3)4)21-14-20(28(35)29-7-9-31)24-19-12-18(15-32)13-22(36-5)26(19)38-27(24)25(21)34/h12-14,16-17,21,24-25,27,31-32,34H,6-11,15H2,1-5H3,(H,29,35). The van der Waals surface area contributed by atoms with Gasteiger partial charge < -0.3 is 39.7 Å². The van der Waals surface area contributed by atoms with E-state index in [4.69, 9.17) is 14.2 Å². The van der Waals surface area contributed by atoms with Gasteiger partial charge in [-0.15, -0.1) is 0 Å². The zero-order valence-electron chi connectivity index (χ0n) is 23.0. The minimum Gasteiger partial charge on any atom is -0.493 e. The molecule has 4 atom stereocenters. The fourth-order valence-electron chi connectivity index (χ4n) is 5.08. The highest BCUT2D eigenvalue weighted by Crippen LogP contribution is 2.51. The van der Waals surface area contributed by atoms with Crippen molar-refractivity contribution in [2.75, 3.05) is 33.4 Å². The highest BCUT2D eigenvalue weighted by Gasteiger charge is 2.51. The molecule has 4 N–H and O–H groups in total. The van der Waals surface area contributed by atoms with Crippen molar-refractivity contribution in [1.82, 2.24) is 10.2 Å². The number of hydrogen-bond acceptors (Lipinski definition) is 8. The molecule has 0 saturated heterocycles. The molecule has 2 aliphatic rings. The average molecular weight is 535 g/mol. The number of fused-ring (bicyclic) bond motifs is 3. The molecule has 0 aromatic heterocycles. The van der Waals surface area contributed by atoms with Crippen LogP contribution >= 0.6 is 0 Å². The van der Waals surface area contributed by atoms with Crippen LogP contribution in [0.3, 0.4) is 0 Å². The Balaban J connectivity index is 2.05. The molecule has 4 unspecified atom stereocenters. The van der Waals surface area contributed by atoms with Gasteiger partial charge in [0.25, 0.3) is 0 Å². The number of rotatable bonds is 13. The molecule has 38 heavy (non-hydrogen) atoms. The van der Waals surface area contributed by atoms with Gasteiger partial charge in [-0.05, 0) is 50.0 Å². The van der Waals surface area contributed by atoms with E-state index in [0.29, 0.717) is 47.8 Å². The lowest BCUT2D eigenvalue weighted by Crippen LogP contribution is -2.56. The summed E-state index contributed by atoms with van der Waals surface area (Å²) in [5.41, 5.74) is 1.53. The first-order valence-electron chi connectivity index (χ1n) is 13.3. The number of carbonyl (C=O) groups is 2. The second-order valence-electron chi connectivity index (χ2n) is 10.5. The van der Waals surface area contributed by atoms with Gasteiger partial charge in [0, 0.05) is 37.3 Å². The van der Waals surface area contributed by atoms with Crippen molar-refractivity contribution in [2.45, 2.75) is 77.4 Å². The minimum absolute atomic E-state index is 0.0526. The van der Waals surface area contributed by atoms with Crippen LogP contribution in [-0.2, 0) is 20.9 Å². The Morgan fingerprint density at radius 1 is 1.18 bits per heavy atom. The zero-order valence-corrected chi connectivity index (χ0v) is 23.0. The lowest BCUT2D eigenvalue weighted by Gasteiger charge is -2.41. The monoisotopic (exact) mass is 534 g/mol. The minimum atomic E-state index is -1.13. The van der Waals surface area contributed by atoms with Crippen LogP contribution < -0.4 is 14.8 Å². The van der Waals surface area contributed by atoms with E-state index in [0.717, 1.165) is 0 Å². The summed E-state index contributed by atoms with van der Waals surface area (Å²) < 4.78 is 17.4. The predicted molar refractivity (Wildman–Crippen MR) is 141 cm³/mol. The number of nitrogens with zero attached hydrogens (tertiary/aromatic N) is 1. The first-order chi connectivity index (χ1) is 18.1. The molecule has 10 nitrogen and oxygen atoms in total. The van der Waals surface area contributed by atoms with Gasteiger partial charge in [-0.2, -0.15) is 0 Å². The quantitative estimate of drug-likeness (QED) is 0.280. The van der Waals surface area contributed by atoms with Crippen molar-refractivity contribution in [2.24, 2.45) is 5.92 Å². The molecule has 0 radical (unpaired) electrons. The summed E-state index contributed by atoms with van der Waals surface area (Å²) in [7, 11) is 1.48. The second kappa shape index (κ2) is 13.4. The Labute approximate surface area is 224 Å². The summed E-state index contributed by atoms with van der Waals surface area (Å²) in [6.45, 7) is 8.17. The van der Waals surface area contributed by atoms with E-state index in [1.807, 2.05) is 27.7 Å². The van der Waals surface area contributed by atoms with Gasteiger partial charge in [0.05, 0.1) is 38.4 Å². The molecule has 0 fully saturated rings. The molecule has 1 aromatic carbocycles. The third-order valence-corrected chi connectivity index (χ3v) is 6.75. The molecule has 2 amide bonds. The molecule has 10 heteroatoms. The van der Waals surface area contributed by atoms with Crippen LogP contribution in [0.2, 0.25) is 0 Å². The van der Waals surface area contributed by atoms with Crippen LogP contribution in [0.25, 0.3) is 0 Å². The van der Waals surface area contributed by atoms with E-state index >= 15 is 0 Å². The Morgan fingerprint density at radius 2 is 1.92 bits per heavy atom. The number of aliphatic hydroxyl groups is 3. The summed E-state index contributed by atoms with van der Waals surface area (Å²) in [5, 5.41) is 33.4. The Kier molecular flexibility index (Phi) is 10.6. The lowest BCUT2D eigenvalue weighted by atomic mass is 9.77. The molecule has 1 aliphatic carbocycles. The largest absolute Gasteiger partial charge is 0.493 e. The topological polar surface area (TPSA) is 138 Å². The average Bonchev–Trinajstić information content (AvgIpc) is 3.26. The molecule has 0 bridgehead atoms. The first-order valence-corrected chi connectivity index (χ1v) is 13.3. The van der Waals surface area contributed by atoms with Crippen molar-refractivity contribution in [3.63, 3.8) is 0 Å². The molecule has 0 saturated carbocycles.